The first kappa shape index (κ1) is 19.5. The Morgan fingerprint density at radius 3 is 2.12 bits per heavy atom. The molecule has 140 valence electrons. The number of primary amides is 1. The van der Waals surface area contributed by atoms with E-state index in [-0.39, 0.29) is 18.0 Å². The highest BCUT2D eigenvalue weighted by Crippen LogP contribution is 2.25. The zero-order valence-electron chi connectivity index (χ0n) is 13.4. The molecule has 0 radical (unpaired) electrons. The summed E-state index contributed by atoms with van der Waals surface area (Å²) in [6.45, 7) is 2.62. The van der Waals surface area contributed by atoms with Gasteiger partial charge in [0, 0.05) is 26.2 Å². The summed E-state index contributed by atoms with van der Waals surface area (Å²) in [5, 5.41) is 0. The Balaban J connectivity index is 2.06. The molecule has 2 rings (SSSR count). The van der Waals surface area contributed by atoms with Crippen molar-refractivity contribution in [3.8, 4) is 5.75 Å². The summed E-state index contributed by atoms with van der Waals surface area (Å²) in [4.78, 5) is 12.8. The maximum Gasteiger partial charge on any atom is 0.573 e. The van der Waals surface area contributed by atoms with Crippen molar-refractivity contribution in [2.24, 2.45) is 5.73 Å². The SMILES string of the molecule is C[C@@H](C(N)=O)N1CCN(S(=O)(=O)c2ccc(OC(F)(F)F)cc2)CC1. The number of rotatable bonds is 5. The number of halogens is 3. The largest absolute Gasteiger partial charge is 0.573 e. The van der Waals surface area contributed by atoms with Crippen LogP contribution in [0.3, 0.4) is 0 Å². The fourth-order valence-electron chi connectivity index (χ4n) is 2.47. The zero-order valence-corrected chi connectivity index (χ0v) is 14.2. The summed E-state index contributed by atoms with van der Waals surface area (Å²) in [5.41, 5.74) is 5.23. The van der Waals surface area contributed by atoms with Crippen LogP contribution in [0.4, 0.5) is 13.2 Å². The molecule has 0 aliphatic carbocycles. The number of alkyl halides is 3. The second kappa shape index (κ2) is 7.18. The molecular weight excluding hydrogens is 363 g/mol. The minimum Gasteiger partial charge on any atom is -0.406 e. The summed E-state index contributed by atoms with van der Waals surface area (Å²) in [7, 11) is -3.84. The van der Waals surface area contributed by atoms with Gasteiger partial charge in [-0.15, -0.1) is 13.2 Å². The molecule has 1 aliphatic rings. The van der Waals surface area contributed by atoms with Crippen molar-refractivity contribution in [1.29, 1.82) is 0 Å². The van der Waals surface area contributed by atoms with Gasteiger partial charge in [0.15, 0.2) is 0 Å². The highest BCUT2D eigenvalue weighted by molar-refractivity contribution is 7.89. The summed E-state index contributed by atoms with van der Waals surface area (Å²) >= 11 is 0. The number of nitrogens with zero attached hydrogens (tertiary/aromatic N) is 2. The Labute approximate surface area is 143 Å². The van der Waals surface area contributed by atoms with Crippen LogP contribution in [0, 0.1) is 0 Å². The highest BCUT2D eigenvalue weighted by atomic mass is 32.2. The van der Waals surface area contributed by atoms with Gasteiger partial charge in [-0.05, 0) is 31.2 Å². The third kappa shape index (κ3) is 4.83. The van der Waals surface area contributed by atoms with Gasteiger partial charge >= 0.3 is 6.36 Å². The molecule has 1 atom stereocenters. The van der Waals surface area contributed by atoms with Gasteiger partial charge in [-0.1, -0.05) is 0 Å². The standard InChI is InChI=1S/C14H18F3N3O4S/c1-10(13(18)21)19-6-8-20(9-7-19)25(22,23)12-4-2-11(3-5-12)24-14(15,16)17/h2-5,10H,6-9H2,1H3,(H2,18,21)/t10-/m0/s1. The van der Waals surface area contributed by atoms with Gasteiger partial charge in [-0.25, -0.2) is 8.42 Å². The average molecular weight is 381 g/mol. The topological polar surface area (TPSA) is 92.9 Å². The molecule has 1 aromatic rings. The molecule has 11 heteroatoms. The molecule has 0 bridgehead atoms. The van der Waals surface area contributed by atoms with Gasteiger partial charge in [0.2, 0.25) is 15.9 Å². The molecule has 2 N–H and O–H groups in total. The smallest absolute Gasteiger partial charge is 0.406 e. The molecule has 0 spiro atoms. The number of carbonyl (C=O) groups excluding carboxylic acids is 1. The summed E-state index contributed by atoms with van der Waals surface area (Å²) in [6.07, 6.45) is -4.84. The number of piperazine rings is 1. The quantitative estimate of drug-likeness (QED) is 0.813. The molecule has 25 heavy (non-hydrogen) atoms. The molecular formula is C14H18F3N3O4S. The summed E-state index contributed by atoms with van der Waals surface area (Å²) in [6, 6.07) is 3.53. The predicted octanol–water partition coefficient (Wildman–Crippen LogP) is 0.765. The van der Waals surface area contributed by atoms with Gasteiger partial charge in [0.1, 0.15) is 5.75 Å². The molecule has 1 amide bonds. The first-order valence-corrected chi connectivity index (χ1v) is 8.84. The number of sulfonamides is 1. The molecule has 1 fully saturated rings. The molecule has 0 saturated carbocycles. The first-order valence-electron chi connectivity index (χ1n) is 7.40. The molecule has 1 aromatic carbocycles. The van der Waals surface area contributed by atoms with E-state index in [0.717, 1.165) is 24.3 Å². The molecule has 1 aliphatic heterocycles. The van der Waals surface area contributed by atoms with Crippen LogP contribution in [0.2, 0.25) is 0 Å². The Hall–Kier alpha value is -1.85. The minimum atomic E-state index is -4.84. The van der Waals surface area contributed by atoms with Gasteiger partial charge in [-0.3, -0.25) is 9.69 Å². The maximum absolute atomic E-state index is 12.5. The lowest BCUT2D eigenvalue weighted by Crippen LogP contribution is -2.54. The minimum absolute atomic E-state index is 0.126. The Kier molecular flexibility index (Phi) is 5.59. The van der Waals surface area contributed by atoms with E-state index in [2.05, 4.69) is 4.74 Å². The van der Waals surface area contributed by atoms with Crippen molar-refractivity contribution >= 4 is 15.9 Å². The van der Waals surface area contributed by atoms with Gasteiger partial charge in [0.05, 0.1) is 10.9 Å². The lowest BCUT2D eigenvalue weighted by molar-refractivity contribution is -0.274. The van der Waals surface area contributed by atoms with Crippen LogP contribution in [-0.2, 0) is 14.8 Å². The van der Waals surface area contributed by atoms with Crippen LogP contribution in [0.15, 0.2) is 29.2 Å². The van der Waals surface area contributed by atoms with Gasteiger partial charge < -0.3 is 10.5 Å². The van der Waals surface area contributed by atoms with Crippen molar-refractivity contribution in [3.63, 3.8) is 0 Å². The fraction of sp³-hybridized carbons (Fsp3) is 0.500. The van der Waals surface area contributed by atoms with Crippen molar-refractivity contribution < 1.29 is 31.1 Å². The number of hydrogen-bond acceptors (Lipinski definition) is 5. The van der Waals surface area contributed by atoms with Gasteiger partial charge in [0.25, 0.3) is 0 Å². The summed E-state index contributed by atoms with van der Waals surface area (Å²) in [5.74, 6) is -0.983. The van der Waals surface area contributed by atoms with Crippen LogP contribution < -0.4 is 10.5 Å². The number of benzene rings is 1. The van der Waals surface area contributed by atoms with Crippen LogP contribution in [0.1, 0.15) is 6.92 Å². The van der Waals surface area contributed by atoms with E-state index in [1.54, 1.807) is 11.8 Å². The zero-order chi connectivity index (χ0) is 18.8. The average Bonchev–Trinajstić information content (AvgIpc) is 2.53. The van der Waals surface area contributed by atoms with Crippen molar-refractivity contribution in [2.75, 3.05) is 26.2 Å². The van der Waals surface area contributed by atoms with E-state index in [0.29, 0.717) is 13.1 Å². The van der Waals surface area contributed by atoms with E-state index in [9.17, 15) is 26.4 Å². The molecule has 0 unspecified atom stereocenters. The molecule has 7 nitrogen and oxygen atoms in total. The monoisotopic (exact) mass is 381 g/mol. The molecule has 1 heterocycles. The van der Waals surface area contributed by atoms with Crippen molar-refractivity contribution in [1.82, 2.24) is 9.21 Å². The third-order valence-electron chi connectivity index (χ3n) is 3.93. The van der Waals surface area contributed by atoms with Crippen molar-refractivity contribution in [2.45, 2.75) is 24.2 Å². The third-order valence-corrected chi connectivity index (χ3v) is 5.84. The fourth-order valence-corrected chi connectivity index (χ4v) is 3.90. The maximum atomic E-state index is 12.5. The lowest BCUT2D eigenvalue weighted by Gasteiger charge is -2.36. The van der Waals surface area contributed by atoms with E-state index < -0.39 is 34.1 Å². The molecule has 0 aromatic heterocycles. The number of amides is 1. The number of carbonyl (C=O) groups is 1. The number of hydrogen-bond donors (Lipinski definition) is 1. The predicted molar refractivity (Wildman–Crippen MR) is 82.1 cm³/mol. The highest BCUT2D eigenvalue weighted by Gasteiger charge is 2.33. The van der Waals surface area contributed by atoms with E-state index in [4.69, 9.17) is 5.73 Å². The molecule has 1 saturated heterocycles. The van der Waals surface area contributed by atoms with Crippen LogP contribution in [0.5, 0.6) is 5.75 Å². The second-order valence-corrected chi connectivity index (χ2v) is 7.48. The summed E-state index contributed by atoms with van der Waals surface area (Å²) < 4.78 is 66.4. The van der Waals surface area contributed by atoms with Crippen molar-refractivity contribution in [3.05, 3.63) is 24.3 Å². The van der Waals surface area contributed by atoms with Crippen LogP contribution >= 0.6 is 0 Å². The normalized spacial score (nSPS) is 18.7. The van der Waals surface area contributed by atoms with Crippen LogP contribution in [-0.4, -0.2) is 62.1 Å². The Morgan fingerprint density at radius 2 is 1.68 bits per heavy atom. The lowest BCUT2D eigenvalue weighted by atomic mass is 10.2. The van der Waals surface area contributed by atoms with Crippen LogP contribution in [0.25, 0.3) is 0 Å². The second-order valence-electron chi connectivity index (χ2n) is 5.54. The van der Waals surface area contributed by atoms with E-state index in [1.807, 2.05) is 0 Å². The number of nitrogens with two attached hydrogens (primary N) is 1. The first-order chi connectivity index (χ1) is 11.5. The Morgan fingerprint density at radius 1 is 1.16 bits per heavy atom. The van der Waals surface area contributed by atoms with E-state index >= 15 is 0 Å². The number of ether oxygens (including phenoxy) is 1. The Bertz CT molecular complexity index is 714. The van der Waals surface area contributed by atoms with Gasteiger partial charge in [-0.2, -0.15) is 4.31 Å². The van der Waals surface area contributed by atoms with E-state index in [1.165, 1.54) is 4.31 Å².